The minimum Gasteiger partial charge on any atom is -0.492 e. The lowest BCUT2D eigenvalue weighted by molar-refractivity contribution is 0.00229. The molecule has 0 amide bonds. The molecule has 4 heteroatoms. The summed E-state index contributed by atoms with van der Waals surface area (Å²) in [6.07, 6.45) is 5.23. The van der Waals surface area contributed by atoms with Gasteiger partial charge in [-0.2, -0.15) is 0 Å². The number of rotatable bonds is 6. The van der Waals surface area contributed by atoms with E-state index >= 15 is 0 Å². The fourth-order valence-corrected chi connectivity index (χ4v) is 2.99. The van der Waals surface area contributed by atoms with E-state index in [1.165, 1.54) is 6.42 Å². The third-order valence-electron chi connectivity index (χ3n) is 4.55. The molecule has 1 aliphatic carbocycles. The van der Waals surface area contributed by atoms with E-state index in [9.17, 15) is 5.11 Å². The van der Waals surface area contributed by atoms with Gasteiger partial charge in [-0.05, 0) is 50.7 Å². The van der Waals surface area contributed by atoms with Crippen LogP contribution in [0.25, 0.3) is 0 Å². The molecule has 0 saturated heterocycles. The average Bonchev–Trinajstić information content (AvgIpc) is 2.49. The van der Waals surface area contributed by atoms with Crippen LogP contribution in [0.4, 0.5) is 11.4 Å². The summed E-state index contributed by atoms with van der Waals surface area (Å²) in [5, 5.41) is 14.0. The zero-order chi connectivity index (χ0) is 15.3. The number of hydrogen-bond acceptors (Lipinski definition) is 4. The highest BCUT2D eigenvalue weighted by molar-refractivity contribution is 5.61. The van der Waals surface area contributed by atoms with E-state index in [0.29, 0.717) is 24.6 Å². The maximum absolute atomic E-state index is 10.7. The molecule has 21 heavy (non-hydrogen) atoms. The van der Waals surface area contributed by atoms with Crippen LogP contribution in [0.5, 0.6) is 5.75 Å². The van der Waals surface area contributed by atoms with E-state index in [4.69, 9.17) is 10.5 Å². The molecular formula is C17H28N2O2. The molecule has 1 aliphatic rings. The molecule has 0 bridgehead atoms. The van der Waals surface area contributed by atoms with Crippen LogP contribution in [0.3, 0.4) is 0 Å². The van der Waals surface area contributed by atoms with Gasteiger partial charge in [-0.15, -0.1) is 0 Å². The van der Waals surface area contributed by atoms with Gasteiger partial charge in [0.2, 0.25) is 0 Å². The molecule has 0 atom stereocenters. The van der Waals surface area contributed by atoms with Crippen LogP contribution >= 0.6 is 0 Å². The lowest BCUT2D eigenvalue weighted by atomic mass is 9.78. The maximum atomic E-state index is 10.7. The minimum absolute atomic E-state index is 0.582. The minimum atomic E-state index is -0.584. The van der Waals surface area contributed by atoms with Gasteiger partial charge in [-0.3, -0.25) is 0 Å². The molecule has 1 fully saturated rings. The highest BCUT2D eigenvalue weighted by atomic mass is 16.5. The zero-order valence-corrected chi connectivity index (χ0v) is 13.2. The lowest BCUT2D eigenvalue weighted by Gasteiger charge is -2.36. The van der Waals surface area contributed by atoms with Gasteiger partial charge in [0.25, 0.3) is 0 Å². The van der Waals surface area contributed by atoms with Crippen molar-refractivity contribution in [2.24, 2.45) is 5.92 Å². The van der Waals surface area contributed by atoms with Crippen LogP contribution in [0.2, 0.25) is 0 Å². The highest BCUT2D eigenvalue weighted by Gasteiger charge is 2.32. The Labute approximate surface area is 127 Å². The zero-order valence-electron chi connectivity index (χ0n) is 13.2. The van der Waals surface area contributed by atoms with Crippen molar-refractivity contribution in [2.75, 3.05) is 24.2 Å². The van der Waals surface area contributed by atoms with Gasteiger partial charge in [0, 0.05) is 18.3 Å². The highest BCUT2D eigenvalue weighted by Crippen LogP contribution is 2.34. The second-order valence-electron chi connectivity index (χ2n) is 6.12. The number of nitrogens with one attached hydrogen (secondary N) is 1. The normalized spacial score (nSPS) is 25.6. The summed E-state index contributed by atoms with van der Waals surface area (Å²) in [5.74, 6) is 1.48. The van der Waals surface area contributed by atoms with Crippen molar-refractivity contribution < 1.29 is 9.84 Å². The molecule has 0 spiro atoms. The number of nitrogens with two attached hydrogens (primary N) is 1. The van der Waals surface area contributed by atoms with E-state index in [0.717, 1.165) is 37.3 Å². The third-order valence-corrected chi connectivity index (χ3v) is 4.55. The Balaban J connectivity index is 1.92. The summed E-state index contributed by atoms with van der Waals surface area (Å²) in [7, 11) is 0. The molecule has 0 aliphatic heterocycles. The van der Waals surface area contributed by atoms with Crippen molar-refractivity contribution in [3.8, 4) is 5.75 Å². The van der Waals surface area contributed by atoms with Crippen molar-refractivity contribution in [2.45, 2.75) is 51.6 Å². The predicted molar refractivity (Wildman–Crippen MR) is 87.7 cm³/mol. The number of benzene rings is 1. The van der Waals surface area contributed by atoms with Crippen molar-refractivity contribution in [1.82, 2.24) is 0 Å². The van der Waals surface area contributed by atoms with Crippen LogP contribution in [0.15, 0.2) is 18.2 Å². The van der Waals surface area contributed by atoms with Crippen LogP contribution in [-0.2, 0) is 0 Å². The first kappa shape index (κ1) is 16.0. The van der Waals surface area contributed by atoms with Gasteiger partial charge in [-0.1, -0.05) is 13.3 Å². The summed E-state index contributed by atoms with van der Waals surface area (Å²) in [4.78, 5) is 0. The summed E-state index contributed by atoms with van der Waals surface area (Å²) < 4.78 is 5.50. The molecule has 0 aromatic heterocycles. The molecule has 0 heterocycles. The Morgan fingerprint density at radius 2 is 2.05 bits per heavy atom. The number of anilines is 2. The smallest absolute Gasteiger partial charge is 0.144 e. The summed E-state index contributed by atoms with van der Waals surface area (Å²) in [5.41, 5.74) is 6.87. The molecule has 1 saturated carbocycles. The summed E-state index contributed by atoms with van der Waals surface area (Å²) in [6, 6.07) is 5.67. The van der Waals surface area contributed by atoms with Gasteiger partial charge in [0.05, 0.1) is 17.9 Å². The lowest BCUT2D eigenvalue weighted by Crippen LogP contribution is -2.40. The van der Waals surface area contributed by atoms with Gasteiger partial charge < -0.3 is 20.9 Å². The van der Waals surface area contributed by atoms with E-state index in [1.54, 1.807) is 0 Å². The molecule has 1 aromatic carbocycles. The van der Waals surface area contributed by atoms with Crippen LogP contribution in [0, 0.1) is 5.92 Å². The summed E-state index contributed by atoms with van der Waals surface area (Å²) in [6.45, 7) is 5.35. The second-order valence-corrected chi connectivity index (χ2v) is 6.12. The first-order valence-corrected chi connectivity index (χ1v) is 8.05. The molecule has 2 rings (SSSR count). The Kier molecular flexibility index (Phi) is 5.34. The molecule has 0 radical (unpaired) electrons. The van der Waals surface area contributed by atoms with E-state index in [-0.39, 0.29) is 0 Å². The number of nitrogen functional groups attached to an aromatic ring is 1. The molecule has 0 unspecified atom stereocenters. The van der Waals surface area contributed by atoms with Crippen LogP contribution in [-0.4, -0.2) is 23.9 Å². The predicted octanol–water partition coefficient (Wildman–Crippen LogP) is 3.41. The van der Waals surface area contributed by atoms with E-state index in [1.807, 2.05) is 25.1 Å². The second kappa shape index (κ2) is 7.03. The Morgan fingerprint density at radius 1 is 1.33 bits per heavy atom. The van der Waals surface area contributed by atoms with Crippen LogP contribution in [0.1, 0.15) is 46.0 Å². The third kappa shape index (κ3) is 4.27. The molecule has 4 nitrogen and oxygen atoms in total. The SMILES string of the molecule is CCOc1cc(NCC2(O)CCC(CC)CC2)ccc1N. The maximum Gasteiger partial charge on any atom is 0.144 e. The quantitative estimate of drug-likeness (QED) is 0.703. The molecular weight excluding hydrogens is 264 g/mol. The monoisotopic (exact) mass is 292 g/mol. The fraction of sp³-hybridized carbons (Fsp3) is 0.647. The van der Waals surface area contributed by atoms with E-state index in [2.05, 4.69) is 12.2 Å². The Bertz CT molecular complexity index is 454. The van der Waals surface area contributed by atoms with Gasteiger partial charge in [-0.25, -0.2) is 0 Å². The first-order valence-electron chi connectivity index (χ1n) is 8.05. The fourth-order valence-electron chi connectivity index (χ4n) is 2.99. The van der Waals surface area contributed by atoms with Crippen molar-refractivity contribution >= 4 is 11.4 Å². The average molecular weight is 292 g/mol. The van der Waals surface area contributed by atoms with E-state index < -0.39 is 5.60 Å². The van der Waals surface area contributed by atoms with Crippen molar-refractivity contribution in [3.05, 3.63) is 18.2 Å². The van der Waals surface area contributed by atoms with Gasteiger partial charge in [0.1, 0.15) is 5.75 Å². The largest absolute Gasteiger partial charge is 0.492 e. The molecule has 4 N–H and O–H groups in total. The number of aliphatic hydroxyl groups is 1. The Morgan fingerprint density at radius 3 is 2.67 bits per heavy atom. The van der Waals surface area contributed by atoms with Crippen LogP contribution < -0.4 is 15.8 Å². The summed E-state index contributed by atoms with van der Waals surface area (Å²) >= 11 is 0. The number of ether oxygens (including phenoxy) is 1. The molecule has 1 aromatic rings. The van der Waals surface area contributed by atoms with Gasteiger partial charge >= 0.3 is 0 Å². The standard InChI is InChI=1S/C17H28N2O2/c1-3-13-7-9-17(20,10-8-13)12-19-14-5-6-15(18)16(11-14)21-4-2/h5-6,11,13,19-20H,3-4,7-10,12,18H2,1-2H3. The first-order chi connectivity index (χ1) is 10.1. The Hall–Kier alpha value is -1.42. The molecule has 118 valence electrons. The van der Waals surface area contributed by atoms with Gasteiger partial charge in [0.15, 0.2) is 0 Å². The number of hydrogen-bond donors (Lipinski definition) is 3. The van der Waals surface area contributed by atoms with Crippen molar-refractivity contribution in [3.63, 3.8) is 0 Å². The topological polar surface area (TPSA) is 67.5 Å². The van der Waals surface area contributed by atoms with Crippen molar-refractivity contribution in [1.29, 1.82) is 0 Å².